The Morgan fingerprint density at radius 2 is 1.72 bits per heavy atom. The summed E-state index contributed by atoms with van der Waals surface area (Å²) in [5.41, 5.74) is 15.2. The highest BCUT2D eigenvalue weighted by Gasteiger charge is 2.33. The quantitative estimate of drug-likeness (QED) is 0.306. The number of rotatable bonds is 9. The zero-order valence-electron chi connectivity index (χ0n) is 17.9. The van der Waals surface area contributed by atoms with Crippen molar-refractivity contribution in [2.45, 2.75) is 18.9 Å². The van der Waals surface area contributed by atoms with E-state index in [2.05, 4.69) is 5.32 Å². The number of nitrogens with one attached hydrogen (secondary N) is 2. The molecule has 0 radical (unpaired) electrons. The summed E-state index contributed by atoms with van der Waals surface area (Å²) in [5, 5.41) is 11.8. The molecule has 4 rings (SSSR count). The Hall–Kier alpha value is -3.64. The summed E-state index contributed by atoms with van der Waals surface area (Å²) < 4.78 is 5.49. The lowest BCUT2D eigenvalue weighted by molar-refractivity contribution is 0.0931. The fourth-order valence-corrected chi connectivity index (χ4v) is 3.75. The molecular weight excluding hydrogens is 400 g/mol. The van der Waals surface area contributed by atoms with Crippen LogP contribution in [0.4, 0.5) is 5.69 Å². The molecule has 1 atom stereocenters. The van der Waals surface area contributed by atoms with E-state index in [-0.39, 0.29) is 17.7 Å². The zero-order chi connectivity index (χ0) is 22.5. The van der Waals surface area contributed by atoms with Gasteiger partial charge < -0.3 is 21.5 Å². The lowest BCUT2D eigenvalue weighted by Gasteiger charge is -2.19. The van der Waals surface area contributed by atoms with Crippen molar-refractivity contribution in [1.82, 2.24) is 5.32 Å². The molecule has 0 aliphatic heterocycles. The number of carbonyl (C=O) groups excluding carboxylic acids is 1. The maximum Gasteiger partial charge on any atom is 0.251 e. The Kier molecular flexibility index (Phi) is 6.52. The molecule has 1 saturated carbocycles. The first-order chi connectivity index (χ1) is 15.6. The summed E-state index contributed by atoms with van der Waals surface area (Å²) in [6, 6.07) is 22.3. The number of benzene rings is 3. The number of carbonyl (C=O) groups is 1. The van der Waals surface area contributed by atoms with Crippen LogP contribution in [0.5, 0.6) is 5.75 Å². The predicted molar refractivity (Wildman–Crippen MR) is 127 cm³/mol. The van der Waals surface area contributed by atoms with E-state index in [9.17, 15) is 4.79 Å². The second-order valence-electron chi connectivity index (χ2n) is 8.04. The second kappa shape index (κ2) is 9.66. The monoisotopic (exact) mass is 428 g/mol. The van der Waals surface area contributed by atoms with E-state index < -0.39 is 0 Å². The lowest BCUT2D eigenvalue weighted by atomic mass is 9.97. The Morgan fingerprint density at radius 3 is 2.38 bits per heavy atom. The van der Waals surface area contributed by atoms with E-state index in [0.29, 0.717) is 47.2 Å². The molecule has 1 aliphatic rings. The van der Waals surface area contributed by atoms with Gasteiger partial charge >= 0.3 is 0 Å². The van der Waals surface area contributed by atoms with Crippen LogP contribution in [0.3, 0.4) is 0 Å². The minimum atomic E-state index is -0.162. The molecule has 3 aromatic rings. The topological polar surface area (TPSA) is 114 Å². The van der Waals surface area contributed by atoms with Gasteiger partial charge in [-0.1, -0.05) is 30.3 Å². The molecule has 32 heavy (non-hydrogen) atoms. The van der Waals surface area contributed by atoms with E-state index in [0.717, 1.165) is 18.4 Å². The van der Waals surface area contributed by atoms with Gasteiger partial charge in [-0.2, -0.15) is 0 Å². The molecule has 0 aromatic heterocycles. The minimum absolute atomic E-state index is 0.00906. The summed E-state index contributed by atoms with van der Waals surface area (Å²) in [6.45, 7) is 0.876. The molecular formula is C26H28N4O2. The molecule has 1 amide bonds. The Bertz CT molecular complexity index is 1090. The minimum Gasteiger partial charge on any atom is -0.492 e. The summed E-state index contributed by atoms with van der Waals surface area (Å²) in [4.78, 5) is 13.1. The van der Waals surface area contributed by atoms with Crippen LogP contribution in [-0.4, -0.2) is 24.8 Å². The van der Waals surface area contributed by atoms with Gasteiger partial charge in [0.2, 0.25) is 0 Å². The molecule has 1 fully saturated rings. The van der Waals surface area contributed by atoms with Crippen molar-refractivity contribution in [3.8, 4) is 5.75 Å². The third-order valence-corrected chi connectivity index (χ3v) is 5.65. The maximum absolute atomic E-state index is 13.1. The van der Waals surface area contributed by atoms with Crippen molar-refractivity contribution < 1.29 is 9.53 Å². The Morgan fingerprint density at radius 1 is 1.03 bits per heavy atom. The SMILES string of the molecule is N=C(c1ccc(OCCN)cc1)c1cc(C(=O)NC(c2ccccc2)C2CC2)ccc1N. The van der Waals surface area contributed by atoms with Crippen LogP contribution < -0.4 is 21.5 Å². The van der Waals surface area contributed by atoms with Crippen LogP contribution in [0, 0.1) is 11.3 Å². The van der Waals surface area contributed by atoms with Crippen molar-refractivity contribution in [3.63, 3.8) is 0 Å². The van der Waals surface area contributed by atoms with Crippen molar-refractivity contribution in [1.29, 1.82) is 5.41 Å². The summed E-state index contributed by atoms with van der Waals surface area (Å²) in [7, 11) is 0. The summed E-state index contributed by atoms with van der Waals surface area (Å²) in [6.07, 6.45) is 2.23. The van der Waals surface area contributed by atoms with Crippen molar-refractivity contribution in [3.05, 3.63) is 95.1 Å². The molecule has 0 bridgehead atoms. The van der Waals surface area contributed by atoms with E-state index in [1.807, 2.05) is 30.3 Å². The lowest BCUT2D eigenvalue weighted by Crippen LogP contribution is -2.30. The highest BCUT2D eigenvalue weighted by atomic mass is 16.5. The number of ether oxygens (including phenoxy) is 1. The van der Waals surface area contributed by atoms with Crippen molar-refractivity contribution in [2.24, 2.45) is 11.7 Å². The fourth-order valence-electron chi connectivity index (χ4n) is 3.75. The third kappa shape index (κ3) is 4.98. The molecule has 1 aliphatic carbocycles. The number of nitrogen functional groups attached to an aromatic ring is 1. The van der Waals surface area contributed by atoms with Crippen LogP contribution in [0.2, 0.25) is 0 Å². The smallest absolute Gasteiger partial charge is 0.251 e. The zero-order valence-corrected chi connectivity index (χ0v) is 17.9. The Labute approximate surface area is 188 Å². The van der Waals surface area contributed by atoms with Gasteiger partial charge in [0.05, 0.1) is 11.8 Å². The van der Waals surface area contributed by atoms with E-state index in [4.69, 9.17) is 21.6 Å². The molecule has 3 aromatic carbocycles. The van der Waals surface area contributed by atoms with Crippen LogP contribution >= 0.6 is 0 Å². The highest BCUT2D eigenvalue weighted by molar-refractivity contribution is 6.14. The number of anilines is 1. The number of hydrogen-bond acceptors (Lipinski definition) is 5. The third-order valence-electron chi connectivity index (χ3n) is 5.65. The van der Waals surface area contributed by atoms with Gasteiger partial charge in [0, 0.05) is 28.9 Å². The molecule has 6 heteroatoms. The van der Waals surface area contributed by atoms with Gasteiger partial charge in [-0.15, -0.1) is 0 Å². The first kappa shape index (κ1) is 21.6. The van der Waals surface area contributed by atoms with E-state index in [1.54, 1.807) is 42.5 Å². The summed E-state index contributed by atoms with van der Waals surface area (Å²) in [5.74, 6) is 0.998. The standard InChI is InChI=1S/C26H28N4O2/c27-14-15-32-21-11-8-17(9-12-21)24(29)22-16-20(10-13-23(22)28)26(31)30-25(19-6-7-19)18-4-2-1-3-5-18/h1-5,8-13,16,19,25,29H,6-7,14-15,27-28H2,(H,30,31). The highest BCUT2D eigenvalue weighted by Crippen LogP contribution is 2.41. The molecule has 0 saturated heterocycles. The number of amides is 1. The fraction of sp³-hybridized carbons (Fsp3) is 0.231. The normalized spacial score (nSPS) is 13.9. The molecule has 6 nitrogen and oxygen atoms in total. The second-order valence-corrected chi connectivity index (χ2v) is 8.04. The summed E-state index contributed by atoms with van der Waals surface area (Å²) >= 11 is 0. The Balaban J connectivity index is 1.53. The van der Waals surface area contributed by atoms with Crippen LogP contribution in [0.25, 0.3) is 0 Å². The van der Waals surface area contributed by atoms with Crippen LogP contribution in [-0.2, 0) is 0 Å². The van der Waals surface area contributed by atoms with E-state index >= 15 is 0 Å². The molecule has 164 valence electrons. The van der Waals surface area contributed by atoms with Crippen LogP contribution in [0.15, 0.2) is 72.8 Å². The largest absolute Gasteiger partial charge is 0.492 e. The van der Waals surface area contributed by atoms with Gasteiger partial charge in [-0.25, -0.2) is 0 Å². The van der Waals surface area contributed by atoms with Crippen molar-refractivity contribution >= 4 is 17.3 Å². The first-order valence-electron chi connectivity index (χ1n) is 10.8. The number of nitrogens with two attached hydrogens (primary N) is 2. The first-order valence-corrected chi connectivity index (χ1v) is 10.8. The molecule has 0 spiro atoms. The average Bonchev–Trinajstić information content (AvgIpc) is 3.67. The van der Waals surface area contributed by atoms with Gasteiger partial charge in [0.15, 0.2) is 0 Å². The molecule has 0 heterocycles. The van der Waals surface area contributed by atoms with Crippen molar-refractivity contribution in [2.75, 3.05) is 18.9 Å². The number of hydrogen-bond donors (Lipinski definition) is 4. The molecule has 1 unspecified atom stereocenters. The van der Waals surface area contributed by atoms with E-state index in [1.165, 1.54) is 0 Å². The average molecular weight is 429 g/mol. The van der Waals surface area contributed by atoms with Gasteiger partial charge in [-0.3, -0.25) is 10.2 Å². The predicted octanol–water partition coefficient (Wildman–Crippen LogP) is 3.90. The van der Waals surface area contributed by atoms with Crippen LogP contribution in [0.1, 0.15) is 45.9 Å². The maximum atomic E-state index is 13.1. The van der Waals surface area contributed by atoms with Gasteiger partial charge in [0.25, 0.3) is 5.91 Å². The molecule has 6 N–H and O–H groups in total. The van der Waals surface area contributed by atoms with Gasteiger partial charge in [-0.05, 0) is 66.8 Å². The van der Waals surface area contributed by atoms with Gasteiger partial charge in [0.1, 0.15) is 12.4 Å².